The Morgan fingerprint density at radius 2 is 1.70 bits per heavy atom. The fraction of sp³-hybridized carbons (Fsp3) is 0.409. The van der Waals surface area contributed by atoms with E-state index in [1.165, 1.54) is 5.56 Å². The third-order valence-electron chi connectivity index (χ3n) is 5.45. The van der Waals surface area contributed by atoms with Gasteiger partial charge in [0.05, 0.1) is 13.2 Å². The van der Waals surface area contributed by atoms with E-state index in [1.54, 1.807) is 0 Å². The molecule has 142 valence electrons. The zero-order chi connectivity index (χ0) is 18.6. The summed E-state index contributed by atoms with van der Waals surface area (Å²) in [5, 5.41) is 0. The van der Waals surface area contributed by atoms with Gasteiger partial charge in [-0.1, -0.05) is 30.3 Å². The van der Waals surface area contributed by atoms with Crippen LogP contribution in [-0.2, 0) is 4.74 Å². The smallest absolute Gasteiger partial charge is 0.253 e. The fourth-order valence-electron chi connectivity index (χ4n) is 3.89. The Labute approximate surface area is 160 Å². The summed E-state index contributed by atoms with van der Waals surface area (Å²) in [4.78, 5) is 14.7. The third-order valence-corrected chi connectivity index (χ3v) is 5.45. The summed E-state index contributed by atoms with van der Waals surface area (Å²) in [6, 6.07) is 17.6. The number of likely N-dealkylation sites (tertiary alicyclic amines) is 1. The third kappa shape index (κ3) is 4.15. The van der Waals surface area contributed by atoms with Gasteiger partial charge in [0.1, 0.15) is 11.9 Å². The van der Waals surface area contributed by atoms with Crippen molar-refractivity contribution in [3.8, 4) is 5.75 Å². The lowest BCUT2D eigenvalue weighted by Crippen LogP contribution is -2.32. The molecule has 2 aliphatic rings. The highest BCUT2D eigenvalue weighted by Gasteiger charge is 2.34. The molecule has 5 heteroatoms. The Balaban J connectivity index is 1.39. The first kappa shape index (κ1) is 18.0. The highest BCUT2D eigenvalue weighted by Crippen LogP contribution is 2.28. The first-order valence-corrected chi connectivity index (χ1v) is 9.65. The van der Waals surface area contributed by atoms with Crippen LogP contribution in [-0.4, -0.2) is 49.3 Å². The molecule has 4 rings (SSSR count). The summed E-state index contributed by atoms with van der Waals surface area (Å²) in [5.41, 5.74) is 8.19. The van der Waals surface area contributed by atoms with E-state index >= 15 is 0 Å². The first-order chi connectivity index (χ1) is 13.2. The lowest BCUT2D eigenvalue weighted by molar-refractivity contribution is 0.0256. The van der Waals surface area contributed by atoms with Gasteiger partial charge in [0, 0.05) is 43.5 Å². The van der Waals surface area contributed by atoms with Crippen LogP contribution in [0.3, 0.4) is 0 Å². The minimum atomic E-state index is -0.0347. The predicted molar refractivity (Wildman–Crippen MR) is 104 cm³/mol. The number of carbonyl (C=O) groups is 1. The average Bonchev–Trinajstić information content (AvgIpc) is 3.11. The summed E-state index contributed by atoms with van der Waals surface area (Å²) in [6.45, 7) is 2.74. The van der Waals surface area contributed by atoms with Crippen molar-refractivity contribution in [2.75, 3.05) is 26.3 Å². The number of hydrogen-bond donors (Lipinski definition) is 1. The number of nitrogens with two attached hydrogens (primary N) is 1. The van der Waals surface area contributed by atoms with E-state index in [2.05, 4.69) is 12.1 Å². The second-order valence-electron chi connectivity index (χ2n) is 7.35. The van der Waals surface area contributed by atoms with Crippen molar-refractivity contribution >= 4 is 5.91 Å². The molecule has 2 aromatic carbocycles. The average molecular weight is 366 g/mol. The largest absolute Gasteiger partial charge is 0.490 e. The highest BCUT2D eigenvalue weighted by atomic mass is 16.5. The van der Waals surface area contributed by atoms with Crippen LogP contribution in [0.2, 0.25) is 0 Å². The highest BCUT2D eigenvalue weighted by molar-refractivity contribution is 5.94. The number of benzene rings is 2. The van der Waals surface area contributed by atoms with Gasteiger partial charge in [-0.2, -0.15) is 0 Å². The van der Waals surface area contributed by atoms with Crippen LogP contribution in [0.15, 0.2) is 54.6 Å². The molecule has 0 aromatic heterocycles. The molecule has 0 unspecified atom stereocenters. The molecule has 2 heterocycles. The Morgan fingerprint density at radius 3 is 2.41 bits per heavy atom. The number of carbonyl (C=O) groups excluding carboxylic acids is 1. The normalized spacial score (nSPS) is 23.4. The van der Waals surface area contributed by atoms with Crippen LogP contribution in [0.4, 0.5) is 0 Å². The topological polar surface area (TPSA) is 64.8 Å². The number of hydrogen-bond acceptors (Lipinski definition) is 4. The Hall–Kier alpha value is -2.37. The monoisotopic (exact) mass is 366 g/mol. The van der Waals surface area contributed by atoms with Gasteiger partial charge in [0.15, 0.2) is 0 Å². The molecule has 5 nitrogen and oxygen atoms in total. The van der Waals surface area contributed by atoms with Crippen LogP contribution in [0.5, 0.6) is 5.75 Å². The van der Waals surface area contributed by atoms with Crippen molar-refractivity contribution in [2.45, 2.75) is 30.9 Å². The van der Waals surface area contributed by atoms with E-state index in [4.69, 9.17) is 15.2 Å². The molecule has 0 aliphatic carbocycles. The fourth-order valence-corrected chi connectivity index (χ4v) is 3.89. The van der Waals surface area contributed by atoms with Gasteiger partial charge in [0.25, 0.3) is 5.91 Å². The van der Waals surface area contributed by atoms with Crippen molar-refractivity contribution in [2.24, 2.45) is 5.73 Å². The van der Waals surface area contributed by atoms with Gasteiger partial charge in [-0.3, -0.25) is 4.79 Å². The first-order valence-electron chi connectivity index (χ1n) is 9.65. The molecular formula is C22H26N2O3. The molecule has 2 fully saturated rings. The Bertz CT molecular complexity index is 757. The minimum absolute atomic E-state index is 0.0292. The maximum Gasteiger partial charge on any atom is 0.253 e. The maximum atomic E-state index is 12.9. The second-order valence-corrected chi connectivity index (χ2v) is 7.35. The van der Waals surface area contributed by atoms with Gasteiger partial charge < -0.3 is 20.1 Å². The summed E-state index contributed by atoms with van der Waals surface area (Å²) in [7, 11) is 0. The lowest BCUT2D eigenvalue weighted by Gasteiger charge is -2.23. The van der Waals surface area contributed by atoms with Gasteiger partial charge in [-0.25, -0.2) is 0 Å². The van der Waals surface area contributed by atoms with E-state index in [9.17, 15) is 4.79 Å². The van der Waals surface area contributed by atoms with Crippen LogP contribution < -0.4 is 10.5 Å². The molecule has 0 spiro atoms. The molecule has 0 bridgehead atoms. The molecule has 2 N–H and O–H groups in total. The minimum Gasteiger partial charge on any atom is -0.490 e. The zero-order valence-corrected chi connectivity index (χ0v) is 15.4. The van der Waals surface area contributed by atoms with E-state index in [1.807, 2.05) is 47.4 Å². The lowest BCUT2D eigenvalue weighted by atomic mass is 9.95. The van der Waals surface area contributed by atoms with E-state index in [0.717, 1.165) is 31.8 Å². The molecule has 0 saturated carbocycles. The number of amides is 1. The number of rotatable bonds is 4. The Kier molecular flexibility index (Phi) is 5.41. The quantitative estimate of drug-likeness (QED) is 0.904. The molecule has 2 aliphatic heterocycles. The van der Waals surface area contributed by atoms with Crippen molar-refractivity contribution < 1.29 is 14.3 Å². The van der Waals surface area contributed by atoms with Crippen molar-refractivity contribution in [1.29, 1.82) is 0 Å². The summed E-state index contributed by atoms with van der Waals surface area (Å²) in [6.07, 6.45) is 2.02. The molecule has 2 atom stereocenters. The van der Waals surface area contributed by atoms with E-state index in [-0.39, 0.29) is 24.0 Å². The van der Waals surface area contributed by atoms with Crippen LogP contribution in [0.25, 0.3) is 0 Å². The van der Waals surface area contributed by atoms with Crippen LogP contribution in [0, 0.1) is 0 Å². The van der Waals surface area contributed by atoms with E-state index in [0.29, 0.717) is 18.7 Å². The second kappa shape index (κ2) is 8.11. The zero-order valence-electron chi connectivity index (χ0n) is 15.4. The van der Waals surface area contributed by atoms with Gasteiger partial charge in [0.2, 0.25) is 0 Å². The molecule has 27 heavy (non-hydrogen) atoms. The van der Waals surface area contributed by atoms with Gasteiger partial charge >= 0.3 is 0 Å². The van der Waals surface area contributed by atoms with Crippen LogP contribution in [0.1, 0.15) is 34.7 Å². The molecule has 2 saturated heterocycles. The Morgan fingerprint density at radius 1 is 1.00 bits per heavy atom. The SMILES string of the molecule is N[C@@H]1CN(C(=O)c2ccc(OC3CCOCC3)cc2)C[C@H]1c1ccccc1. The van der Waals surface area contributed by atoms with Gasteiger partial charge in [-0.15, -0.1) is 0 Å². The molecular weight excluding hydrogens is 340 g/mol. The number of ether oxygens (including phenoxy) is 2. The molecule has 2 aromatic rings. The van der Waals surface area contributed by atoms with Crippen LogP contribution >= 0.6 is 0 Å². The van der Waals surface area contributed by atoms with Crippen molar-refractivity contribution in [3.63, 3.8) is 0 Å². The predicted octanol–water partition coefficient (Wildman–Crippen LogP) is 2.81. The summed E-state index contributed by atoms with van der Waals surface area (Å²) < 4.78 is 11.3. The van der Waals surface area contributed by atoms with Crippen molar-refractivity contribution in [1.82, 2.24) is 4.90 Å². The maximum absolute atomic E-state index is 12.9. The number of nitrogens with zero attached hydrogens (tertiary/aromatic N) is 1. The van der Waals surface area contributed by atoms with Crippen molar-refractivity contribution in [3.05, 3.63) is 65.7 Å². The summed E-state index contributed by atoms with van der Waals surface area (Å²) in [5.74, 6) is 1.02. The van der Waals surface area contributed by atoms with E-state index < -0.39 is 0 Å². The summed E-state index contributed by atoms with van der Waals surface area (Å²) >= 11 is 0. The molecule has 1 amide bonds. The van der Waals surface area contributed by atoms with Gasteiger partial charge in [-0.05, 0) is 29.8 Å². The standard InChI is InChI=1S/C22H26N2O3/c23-21-15-24(14-20(21)16-4-2-1-3-5-16)22(25)17-6-8-18(9-7-17)27-19-10-12-26-13-11-19/h1-9,19-21H,10-15,23H2/t20-,21+/m0/s1. The molecule has 0 radical (unpaired) electrons.